The molecule has 0 aromatic heterocycles. The lowest BCUT2D eigenvalue weighted by atomic mass is 9.94. The molecule has 1 unspecified atom stereocenters. The van der Waals surface area contributed by atoms with Gasteiger partial charge in [0, 0.05) is 18.5 Å². The molecule has 3 heteroatoms. The maximum atomic E-state index is 6.31. The van der Waals surface area contributed by atoms with Gasteiger partial charge in [0.2, 0.25) is 0 Å². The predicted octanol–water partition coefficient (Wildman–Crippen LogP) is 4.94. The van der Waals surface area contributed by atoms with Crippen LogP contribution in [-0.4, -0.2) is 13.2 Å². The van der Waals surface area contributed by atoms with Crippen molar-refractivity contribution in [3.05, 3.63) is 94.0 Å². The molecule has 0 saturated heterocycles. The van der Waals surface area contributed by atoms with Crippen molar-refractivity contribution in [2.75, 3.05) is 13.2 Å². The average Bonchev–Trinajstić information content (AvgIpc) is 3.22. The number of rotatable bonds is 2. The van der Waals surface area contributed by atoms with Crippen molar-refractivity contribution in [1.82, 2.24) is 5.32 Å². The Morgan fingerprint density at radius 2 is 1.83 bits per heavy atom. The van der Waals surface area contributed by atoms with Crippen LogP contribution in [0.25, 0.3) is 11.6 Å². The SMILES string of the molecule is C1=C(c2ccc3c(c2)CC(c2ccc4c(c2)CNCC4)O3)COc2ccccc21. The van der Waals surface area contributed by atoms with Gasteiger partial charge in [-0.05, 0) is 70.6 Å². The van der Waals surface area contributed by atoms with Gasteiger partial charge in [-0.1, -0.05) is 42.5 Å². The molecule has 0 radical (unpaired) electrons. The maximum Gasteiger partial charge on any atom is 0.128 e. The van der Waals surface area contributed by atoms with Gasteiger partial charge in [-0.2, -0.15) is 0 Å². The Labute approximate surface area is 171 Å². The van der Waals surface area contributed by atoms with Gasteiger partial charge in [-0.3, -0.25) is 0 Å². The van der Waals surface area contributed by atoms with Gasteiger partial charge in [0.05, 0.1) is 0 Å². The molecule has 29 heavy (non-hydrogen) atoms. The van der Waals surface area contributed by atoms with E-state index in [0.717, 1.165) is 43.0 Å². The number of benzene rings is 3. The molecule has 0 saturated carbocycles. The van der Waals surface area contributed by atoms with Crippen molar-refractivity contribution >= 4 is 11.6 Å². The molecule has 0 amide bonds. The minimum absolute atomic E-state index is 0.102. The predicted molar refractivity (Wildman–Crippen MR) is 115 cm³/mol. The van der Waals surface area contributed by atoms with Gasteiger partial charge in [0.25, 0.3) is 0 Å². The molecule has 3 heterocycles. The Balaban J connectivity index is 1.27. The second-order valence-corrected chi connectivity index (χ2v) is 8.08. The Kier molecular flexibility index (Phi) is 3.95. The molecule has 3 aliphatic rings. The zero-order valence-electron chi connectivity index (χ0n) is 16.3. The Bertz CT molecular complexity index is 1130. The van der Waals surface area contributed by atoms with Gasteiger partial charge in [-0.25, -0.2) is 0 Å². The molecule has 0 spiro atoms. The highest BCUT2D eigenvalue weighted by molar-refractivity contribution is 5.86. The number of nitrogens with one attached hydrogen (secondary N) is 1. The zero-order chi connectivity index (χ0) is 19.2. The number of para-hydroxylation sites is 1. The topological polar surface area (TPSA) is 30.5 Å². The summed E-state index contributed by atoms with van der Waals surface area (Å²) in [6.07, 6.45) is 4.37. The lowest BCUT2D eigenvalue weighted by Gasteiger charge is -2.19. The first-order valence-electron chi connectivity index (χ1n) is 10.4. The van der Waals surface area contributed by atoms with Crippen LogP contribution in [0.1, 0.15) is 39.5 Å². The van der Waals surface area contributed by atoms with Crippen LogP contribution in [0.15, 0.2) is 60.7 Å². The number of hydrogen-bond acceptors (Lipinski definition) is 3. The van der Waals surface area contributed by atoms with Crippen molar-refractivity contribution in [1.29, 1.82) is 0 Å². The first-order valence-corrected chi connectivity index (χ1v) is 10.4. The maximum absolute atomic E-state index is 6.31. The van der Waals surface area contributed by atoms with E-state index in [0.29, 0.717) is 6.61 Å². The van der Waals surface area contributed by atoms with Gasteiger partial charge in [-0.15, -0.1) is 0 Å². The quantitative estimate of drug-likeness (QED) is 0.682. The molecule has 3 aliphatic heterocycles. The number of fused-ring (bicyclic) bond motifs is 3. The van der Waals surface area contributed by atoms with E-state index in [1.807, 2.05) is 12.1 Å². The first-order chi connectivity index (χ1) is 14.3. The van der Waals surface area contributed by atoms with Crippen molar-refractivity contribution in [3.8, 4) is 11.5 Å². The summed E-state index contributed by atoms with van der Waals surface area (Å²) in [6, 6.07) is 21.6. The van der Waals surface area contributed by atoms with Crippen molar-refractivity contribution in [3.63, 3.8) is 0 Å². The summed E-state index contributed by atoms with van der Waals surface area (Å²) >= 11 is 0. The summed E-state index contributed by atoms with van der Waals surface area (Å²) in [7, 11) is 0. The van der Waals surface area contributed by atoms with E-state index in [4.69, 9.17) is 9.47 Å². The fourth-order valence-electron chi connectivity index (χ4n) is 4.62. The smallest absolute Gasteiger partial charge is 0.128 e. The van der Waals surface area contributed by atoms with Crippen LogP contribution >= 0.6 is 0 Å². The second kappa shape index (κ2) is 6.78. The number of ether oxygens (including phenoxy) is 2. The van der Waals surface area contributed by atoms with Crippen LogP contribution < -0.4 is 14.8 Å². The first kappa shape index (κ1) is 16.9. The van der Waals surface area contributed by atoms with Gasteiger partial charge in [0.15, 0.2) is 0 Å². The molecule has 1 N–H and O–H groups in total. The molecular weight excluding hydrogens is 358 g/mol. The molecule has 0 aliphatic carbocycles. The van der Waals surface area contributed by atoms with Crippen LogP contribution in [0.2, 0.25) is 0 Å². The van der Waals surface area contributed by atoms with Gasteiger partial charge in [0.1, 0.15) is 24.2 Å². The molecule has 6 rings (SSSR count). The summed E-state index contributed by atoms with van der Waals surface area (Å²) in [6.45, 7) is 2.64. The molecule has 0 bridgehead atoms. The highest BCUT2D eigenvalue weighted by Gasteiger charge is 2.26. The monoisotopic (exact) mass is 381 g/mol. The van der Waals surface area contributed by atoms with Gasteiger partial charge >= 0.3 is 0 Å². The van der Waals surface area contributed by atoms with Crippen LogP contribution in [0.3, 0.4) is 0 Å². The second-order valence-electron chi connectivity index (χ2n) is 8.08. The van der Waals surface area contributed by atoms with E-state index in [2.05, 4.69) is 59.9 Å². The van der Waals surface area contributed by atoms with Crippen molar-refractivity contribution < 1.29 is 9.47 Å². The average molecular weight is 381 g/mol. The van der Waals surface area contributed by atoms with Crippen LogP contribution in [0.5, 0.6) is 11.5 Å². The highest BCUT2D eigenvalue weighted by Crippen LogP contribution is 2.39. The van der Waals surface area contributed by atoms with Crippen LogP contribution in [0.4, 0.5) is 0 Å². The third kappa shape index (κ3) is 3.02. The minimum Gasteiger partial charge on any atom is -0.488 e. The largest absolute Gasteiger partial charge is 0.488 e. The summed E-state index contributed by atoms with van der Waals surface area (Å²) in [5, 5.41) is 3.47. The van der Waals surface area contributed by atoms with E-state index < -0.39 is 0 Å². The van der Waals surface area contributed by atoms with E-state index in [1.165, 1.54) is 33.4 Å². The molecule has 1 atom stereocenters. The summed E-state index contributed by atoms with van der Waals surface area (Å²) in [5.41, 5.74) is 9.02. The zero-order valence-corrected chi connectivity index (χ0v) is 16.3. The molecule has 144 valence electrons. The lowest BCUT2D eigenvalue weighted by Crippen LogP contribution is -2.23. The van der Waals surface area contributed by atoms with E-state index in [9.17, 15) is 0 Å². The fraction of sp³-hybridized carbons (Fsp3) is 0.231. The lowest BCUT2D eigenvalue weighted by molar-refractivity contribution is 0.238. The van der Waals surface area contributed by atoms with E-state index >= 15 is 0 Å². The van der Waals surface area contributed by atoms with Crippen molar-refractivity contribution in [2.24, 2.45) is 0 Å². The Morgan fingerprint density at radius 1 is 0.862 bits per heavy atom. The van der Waals surface area contributed by atoms with E-state index in [-0.39, 0.29) is 6.10 Å². The van der Waals surface area contributed by atoms with Crippen LogP contribution in [-0.2, 0) is 19.4 Å². The molecule has 3 aromatic carbocycles. The Hall–Kier alpha value is -3.04. The number of hydrogen-bond donors (Lipinski definition) is 1. The summed E-state index contributed by atoms with van der Waals surface area (Å²) < 4.78 is 12.3. The molecule has 3 nitrogen and oxygen atoms in total. The minimum atomic E-state index is 0.102. The molecule has 0 fully saturated rings. The van der Waals surface area contributed by atoms with Crippen LogP contribution in [0, 0.1) is 0 Å². The van der Waals surface area contributed by atoms with E-state index in [1.54, 1.807) is 0 Å². The summed E-state index contributed by atoms with van der Waals surface area (Å²) in [4.78, 5) is 0. The highest BCUT2D eigenvalue weighted by atomic mass is 16.5. The molecule has 3 aromatic rings. The van der Waals surface area contributed by atoms with Crippen molar-refractivity contribution in [2.45, 2.75) is 25.5 Å². The standard InChI is InChI=1S/C26H23NO2/c1-2-4-24-19(3-1)13-23(16-28-24)18-7-8-25-21(11-18)14-26(29-25)20-6-5-17-9-10-27-15-22(17)12-20/h1-8,11-13,26-27H,9-10,14-16H2. The van der Waals surface area contributed by atoms with Gasteiger partial charge < -0.3 is 14.8 Å². The Morgan fingerprint density at radius 3 is 2.83 bits per heavy atom. The third-order valence-electron chi connectivity index (χ3n) is 6.23. The normalized spacial score (nSPS) is 19.3. The summed E-state index contributed by atoms with van der Waals surface area (Å²) in [5.74, 6) is 1.97. The third-order valence-corrected chi connectivity index (χ3v) is 6.23. The molecular formula is C26H23NO2. The fourth-order valence-corrected chi connectivity index (χ4v) is 4.62.